The molecule has 0 spiro atoms. The Bertz CT molecular complexity index is 604. The molecule has 0 aromatic carbocycles. The number of rotatable bonds is 3. The van der Waals surface area contributed by atoms with Gasteiger partial charge in [-0.2, -0.15) is 4.98 Å². The van der Waals surface area contributed by atoms with E-state index in [9.17, 15) is 0 Å². The second-order valence-electron chi connectivity index (χ2n) is 5.56. The summed E-state index contributed by atoms with van der Waals surface area (Å²) in [4.78, 5) is 13.5. The Morgan fingerprint density at radius 2 is 1.95 bits per heavy atom. The first kappa shape index (κ1) is 14.0. The molecule has 2 aromatic heterocycles. The Labute approximate surface area is 124 Å². The normalized spacial score (nSPS) is 18.0. The van der Waals surface area contributed by atoms with Crippen molar-refractivity contribution < 1.29 is 4.52 Å². The molecule has 6 nitrogen and oxygen atoms in total. The number of aromatic nitrogens is 3. The van der Waals surface area contributed by atoms with Gasteiger partial charge in [0.25, 0.3) is 0 Å². The van der Waals surface area contributed by atoms with Gasteiger partial charge in [-0.05, 0) is 31.5 Å². The zero-order valence-electron chi connectivity index (χ0n) is 12.8. The minimum atomic E-state index is 0.190. The smallest absolute Gasteiger partial charge is 0.223 e. The summed E-state index contributed by atoms with van der Waals surface area (Å²) in [6.45, 7) is 9.95. The van der Waals surface area contributed by atoms with Gasteiger partial charge in [0, 0.05) is 39.3 Å². The van der Waals surface area contributed by atoms with Crippen molar-refractivity contribution in [1.29, 1.82) is 0 Å². The molecular formula is C15H21N5O. The lowest BCUT2D eigenvalue weighted by molar-refractivity contribution is 0.188. The van der Waals surface area contributed by atoms with Crippen LogP contribution in [0.1, 0.15) is 30.2 Å². The highest BCUT2D eigenvalue weighted by atomic mass is 16.5. The number of aryl methyl sites for hydroxylation is 2. The van der Waals surface area contributed by atoms with Crippen molar-refractivity contribution in [1.82, 2.24) is 20.0 Å². The molecule has 1 aliphatic heterocycles. The van der Waals surface area contributed by atoms with Crippen molar-refractivity contribution in [2.45, 2.75) is 26.8 Å². The third kappa shape index (κ3) is 3.05. The molecule has 3 rings (SSSR count). The van der Waals surface area contributed by atoms with E-state index in [0.29, 0.717) is 5.89 Å². The third-order valence-corrected chi connectivity index (χ3v) is 4.00. The molecule has 1 fully saturated rings. The summed E-state index contributed by atoms with van der Waals surface area (Å²) in [5, 5.41) is 4.03. The standard InChI is InChI=1S/C15H21N5O/c1-11-4-5-16-14(10-11)20-8-6-19(7-9-20)12(2)15-17-13(3)21-18-15/h4-5,10,12H,6-9H2,1-3H3. The minimum absolute atomic E-state index is 0.190. The van der Waals surface area contributed by atoms with Gasteiger partial charge in [0.1, 0.15) is 5.82 Å². The van der Waals surface area contributed by atoms with Crippen LogP contribution in [0.25, 0.3) is 0 Å². The molecule has 1 unspecified atom stereocenters. The molecular weight excluding hydrogens is 266 g/mol. The maximum Gasteiger partial charge on any atom is 0.223 e. The van der Waals surface area contributed by atoms with Crippen LogP contribution < -0.4 is 4.90 Å². The van der Waals surface area contributed by atoms with Gasteiger partial charge in [0.05, 0.1) is 6.04 Å². The van der Waals surface area contributed by atoms with E-state index in [2.05, 4.69) is 44.8 Å². The predicted octanol–water partition coefficient (Wildman–Crippen LogP) is 1.96. The van der Waals surface area contributed by atoms with Crippen LogP contribution in [0.5, 0.6) is 0 Å². The first-order valence-corrected chi connectivity index (χ1v) is 7.35. The van der Waals surface area contributed by atoms with Crippen molar-refractivity contribution in [2.24, 2.45) is 0 Å². The van der Waals surface area contributed by atoms with Gasteiger partial charge in [-0.15, -0.1) is 0 Å². The molecule has 0 amide bonds. The van der Waals surface area contributed by atoms with Gasteiger partial charge in [-0.1, -0.05) is 5.16 Å². The Morgan fingerprint density at radius 3 is 2.57 bits per heavy atom. The van der Waals surface area contributed by atoms with Crippen LogP contribution in [0.2, 0.25) is 0 Å². The lowest BCUT2D eigenvalue weighted by Gasteiger charge is -2.37. The van der Waals surface area contributed by atoms with Crippen LogP contribution in [0, 0.1) is 13.8 Å². The fourth-order valence-corrected chi connectivity index (χ4v) is 2.68. The van der Waals surface area contributed by atoms with Gasteiger partial charge >= 0.3 is 0 Å². The molecule has 112 valence electrons. The van der Waals surface area contributed by atoms with Crippen molar-refractivity contribution in [3.8, 4) is 0 Å². The summed E-state index contributed by atoms with van der Waals surface area (Å²) in [5.74, 6) is 2.46. The molecule has 0 saturated carbocycles. The molecule has 21 heavy (non-hydrogen) atoms. The molecule has 0 N–H and O–H groups in total. The SMILES string of the molecule is Cc1ccnc(N2CCN(C(C)c3noc(C)n3)CC2)c1. The average Bonchev–Trinajstić information content (AvgIpc) is 2.93. The van der Waals surface area contributed by atoms with Crippen LogP contribution >= 0.6 is 0 Å². The summed E-state index contributed by atoms with van der Waals surface area (Å²) in [6.07, 6.45) is 1.88. The van der Waals surface area contributed by atoms with E-state index in [4.69, 9.17) is 4.52 Å². The highest BCUT2D eigenvalue weighted by Gasteiger charge is 2.25. The zero-order valence-corrected chi connectivity index (χ0v) is 12.8. The molecule has 0 bridgehead atoms. The van der Waals surface area contributed by atoms with E-state index in [1.807, 2.05) is 19.2 Å². The van der Waals surface area contributed by atoms with E-state index >= 15 is 0 Å². The van der Waals surface area contributed by atoms with E-state index in [-0.39, 0.29) is 6.04 Å². The second-order valence-corrected chi connectivity index (χ2v) is 5.56. The van der Waals surface area contributed by atoms with E-state index in [0.717, 1.165) is 37.8 Å². The molecule has 3 heterocycles. The molecule has 1 atom stereocenters. The Hall–Kier alpha value is -1.95. The highest BCUT2D eigenvalue weighted by molar-refractivity contribution is 5.41. The van der Waals surface area contributed by atoms with E-state index < -0.39 is 0 Å². The molecule has 0 radical (unpaired) electrons. The number of hydrogen-bond donors (Lipinski definition) is 0. The van der Waals surface area contributed by atoms with Gasteiger partial charge < -0.3 is 9.42 Å². The first-order chi connectivity index (χ1) is 10.1. The summed E-state index contributed by atoms with van der Waals surface area (Å²) in [5.41, 5.74) is 1.25. The predicted molar refractivity (Wildman–Crippen MR) is 80.2 cm³/mol. The zero-order chi connectivity index (χ0) is 14.8. The molecule has 1 aliphatic rings. The monoisotopic (exact) mass is 287 g/mol. The number of hydrogen-bond acceptors (Lipinski definition) is 6. The van der Waals surface area contributed by atoms with Gasteiger partial charge in [-0.3, -0.25) is 4.90 Å². The van der Waals surface area contributed by atoms with Crippen LogP contribution in [0.15, 0.2) is 22.9 Å². The van der Waals surface area contributed by atoms with Gasteiger partial charge in [-0.25, -0.2) is 4.98 Å². The lowest BCUT2D eigenvalue weighted by Crippen LogP contribution is -2.47. The Kier molecular flexibility index (Phi) is 3.88. The van der Waals surface area contributed by atoms with Gasteiger partial charge in [0.2, 0.25) is 5.89 Å². The average molecular weight is 287 g/mol. The van der Waals surface area contributed by atoms with Crippen molar-refractivity contribution in [3.05, 3.63) is 35.6 Å². The maximum absolute atomic E-state index is 5.07. The molecule has 6 heteroatoms. The fraction of sp³-hybridized carbons (Fsp3) is 0.533. The summed E-state index contributed by atoms with van der Waals surface area (Å²) < 4.78 is 5.07. The minimum Gasteiger partial charge on any atom is -0.354 e. The Balaban J connectivity index is 1.62. The molecule has 1 saturated heterocycles. The quantitative estimate of drug-likeness (QED) is 0.860. The van der Waals surface area contributed by atoms with Crippen LogP contribution in [-0.2, 0) is 0 Å². The fourth-order valence-electron chi connectivity index (χ4n) is 2.68. The number of piperazine rings is 1. The molecule has 2 aromatic rings. The largest absolute Gasteiger partial charge is 0.354 e. The lowest BCUT2D eigenvalue weighted by atomic mass is 10.2. The summed E-state index contributed by atoms with van der Waals surface area (Å²) >= 11 is 0. The van der Waals surface area contributed by atoms with Crippen molar-refractivity contribution in [2.75, 3.05) is 31.1 Å². The van der Waals surface area contributed by atoms with Crippen LogP contribution in [0.4, 0.5) is 5.82 Å². The third-order valence-electron chi connectivity index (χ3n) is 4.00. The van der Waals surface area contributed by atoms with Crippen molar-refractivity contribution in [3.63, 3.8) is 0 Å². The number of nitrogens with zero attached hydrogens (tertiary/aromatic N) is 5. The summed E-state index contributed by atoms with van der Waals surface area (Å²) in [6, 6.07) is 4.36. The van der Waals surface area contributed by atoms with Gasteiger partial charge in [0.15, 0.2) is 5.82 Å². The molecule has 0 aliphatic carbocycles. The topological polar surface area (TPSA) is 58.3 Å². The van der Waals surface area contributed by atoms with E-state index in [1.165, 1.54) is 5.56 Å². The first-order valence-electron chi connectivity index (χ1n) is 7.35. The number of anilines is 1. The number of pyridine rings is 1. The van der Waals surface area contributed by atoms with Crippen molar-refractivity contribution >= 4 is 5.82 Å². The van der Waals surface area contributed by atoms with E-state index in [1.54, 1.807) is 0 Å². The highest BCUT2D eigenvalue weighted by Crippen LogP contribution is 2.21. The maximum atomic E-state index is 5.07. The Morgan fingerprint density at radius 1 is 1.19 bits per heavy atom. The summed E-state index contributed by atoms with van der Waals surface area (Å²) in [7, 11) is 0. The van der Waals surface area contributed by atoms with Crippen LogP contribution in [-0.4, -0.2) is 46.2 Å². The van der Waals surface area contributed by atoms with Crippen LogP contribution in [0.3, 0.4) is 0 Å². The second kappa shape index (κ2) is 5.81.